The SMILES string of the molecule is CCCCC/C=C\C/C=C\CC1OC1C/C=C\CCCC(=O)OC[C@H](COP(=O)(O)OCCN)OC(=O)CCCCCCCCCCCCc1oc(CCCCC)c(C)c1C. The molecule has 0 aromatic carbocycles. The van der Waals surface area contributed by atoms with Crippen LogP contribution in [0.4, 0.5) is 0 Å². The summed E-state index contributed by atoms with van der Waals surface area (Å²) in [4.78, 5) is 35.1. The van der Waals surface area contributed by atoms with E-state index in [-0.39, 0.29) is 44.8 Å². The molecule has 350 valence electrons. The molecule has 3 unspecified atom stereocenters. The Morgan fingerprint density at radius 2 is 1.20 bits per heavy atom. The monoisotopic (exact) mass is 878 g/mol. The first-order valence-corrected chi connectivity index (χ1v) is 25.4. The van der Waals surface area contributed by atoms with Crippen LogP contribution in [0, 0.1) is 13.8 Å². The number of carbonyl (C=O) groups excluding carboxylic acids is 2. The molecule has 61 heavy (non-hydrogen) atoms. The minimum atomic E-state index is -4.41. The van der Waals surface area contributed by atoms with Crippen molar-refractivity contribution in [1.82, 2.24) is 0 Å². The molecule has 0 saturated carbocycles. The lowest BCUT2D eigenvalue weighted by atomic mass is 10.0. The summed E-state index contributed by atoms with van der Waals surface area (Å²) in [5.74, 6) is 1.45. The number of hydrogen-bond acceptors (Lipinski definition) is 10. The van der Waals surface area contributed by atoms with E-state index in [9.17, 15) is 19.0 Å². The van der Waals surface area contributed by atoms with Crippen molar-refractivity contribution in [2.75, 3.05) is 26.4 Å². The zero-order valence-electron chi connectivity index (χ0n) is 38.6. The number of esters is 2. The van der Waals surface area contributed by atoms with E-state index in [1.165, 1.54) is 99.7 Å². The fraction of sp³-hybridized carbons (Fsp3) is 0.755. The number of nitrogens with two attached hydrogens (primary N) is 1. The topological polar surface area (TPSA) is 160 Å². The third-order valence-corrected chi connectivity index (χ3v) is 12.1. The predicted molar refractivity (Wildman–Crippen MR) is 245 cm³/mol. The van der Waals surface area contributed by atoms with Gasteiger partial charge in [-0.15, -0.1) is 0 Å². The maximum Gasteiger partial charge on any atom is 0.472 e. The molecule has 0 bridgehead atoms. The Balaban J connectivity index is 1.56. The van der Waals surface area contributed by atoms with Crippen LogP contribution in [0.1, 0.15) is 191 Å². The second-order valence-corrected chi connectivity index (χ2v) is 18.0. The lowest BCUT2D eigenvalue weighted by Gasteiger charge is -2.19. The predicted octanol–water partition coefficient (Wildman–Crippen LogP) is 12.4. The van der Waals surface area contributed by atoms with E-state index in [1.54, 1.807) is 0 Å². The van der Waals surface area contributed by atoms with Gasteiger partial charge >= 0.3 is 19.8 Å². The van der Waals surface area contributed by atoms with Crippen LogP contribution in [0.15, 0.2) is 40.9 Å². The molecule has 11 nitrogen and oxygen atoms in total. The normalized spacial score (nSPS) is 16.8. The lowest BCUT2D eigenvalue weighted by molar-refractivity contribution is -0.161. The third-order valence-electron chi connectivity index (χ3n) is 11.1. The number of ether oxygens (including phenoxy) is 3. The summed E-state index contributed by atoms with van der Waals surface area (Å²) >= 11 is 0. The summed E-state index contributed by atoms with van der Waals surface area (Å²) in [5.41, 5.74) is 8.05. The largest absolute Gasteiger partial charge is 0.472 e. The highest BCUT2D eigenvalue weighted by molar-refractivity contribution is 7.47. The fourth-order valence-electron chi connectivity index (χ4n) is 7.14. The number of epoxide rings is 1. The van der Waals surface area contributed by atoms with E-state index in [0.717, 1.165) is 64.2 Å². The van der Waals surface area contributed by atoms with Gasteiger partial charge in [-0.05, 0) is 89.2 Å². The van der Waals surface area contributed by atoms with Crippen molar-refractivity contribution in [3.8, 4) is 0 Å². The highest BCUT2D eigenvalue weighted by Gasteiger charge is 2.36. The minimum absolute atomic E-state index is 0.0375. The average molecular weight is 878 g/mol. The maximum atomic E-state index is 12.7. The Kier molecular flexibility index (Phi) is 31.2. The highest BCUT2D eigenvalue weighted by atomic mass is 31.2. The molecule has 0 radical (unpaired) electrons. The van der Waals surface area contributed by atoms with E-state index in [2.05, 4.69) is 64.2 Å². The molecule has 1 aromatic rings. The van der Waals surface area contributed by atoms with Crippen molar-refractivity contribution in [3.05, 3.63) is 59.1 Å². The molecule has 4 atom stereocenters. The van der Waals surface area contributed by atoms with Gasteiger partial charge in [0.2, 0.25) is 0 Å². The summed E-state index contributed by atoms with van der Waals surface area (Å²) in [6.07, 6.45) is 38.8. The van der Waals surface area contributed by atoms with Crippen LogP contribution in [0.25, 0.3) is 0 Å². The van der Waals surface area contributed by atoms with Gasteiger partial charge in [-0.1, -0.05) is 127 Å². The molecule has 1 aliphatic heterocycles. The molecule has 3 N–H and O–H groups in total. The van der Waals surface area contributed by atoms with Gasteiger partial charge in [-0.25, -0.2) is 4.57 Å². The number of rotatable bonds is 40. The van der Waals surface area contributed by atoms with Crippen molar-refractivity contribution >= 4 is 19.8 Å². The van der Waals surface area contributed by atoms with Crippen LogP contribution < -0.4 is 5.73 Å². The van der Waals surface area contributed by atoms with E-state index < -0.39 is 32.5 Å². The van der Waals surface area contributed by atoms with Crippen molar-refractivity contribution in [1.29, 1.82) is 0 Å². The molecule has 2 rings (SSSR count). The van der Waals surface area contributed by atoms with Crippen LogP contribution in [0.2, 0.25) is 0 Å². The molecule has 1 aromatic heterocycles. The minimum Gasteiger partial charge on any atom is -0.466 e. The van der Waals surface area contributed by atoms with E-state index in [0.29, 0.717) is 12.8 Å². The number of hydrogen-bond donors (Lipinski definition) is 2. The van der Waals surface area contributed by atoms with Crippen LogP contribution in [-0.4, -0.2) is 61.5 Å². The Labute approximate surface area is 369 Å². The molecule has 1 fully saturated rings. The smallest absolute Gasteiger partial charge is 0.466 e. The number of phosphoric ester groups is 1. The molecule has 0 amide bonds. The Morgan fingerprint density at radius 1 is 0.672 bits per heavy atom. The van der Waals surface area contributed by atoms with Crippen molar-refractivity contribution < 1.29 is 46.7 Å². The highest BCUT2D eigenvalue weighted by Crippen LogP contribution is 2.43. The molecule has 12 heteroatoms. The summed E-state index contributed by atoms with van der Waals surface area (Å²) in [7, 11) is -4.41. The zero-order chi connectivity index (χ0) is 44.4. The average Bonchev–Trinajstić information content (AvgIpc) is 3.94. The van der Waals surface area contributed by atoms with E-state index >= 15 is 0 Å². The Morgan fingerprint density at radius 3 is 1.84 bits per heavy atom. The number of furan rings is 1. The van der Waals surface area contributed by atoms with E-state index in [1.807, 2.05) is 0 Å². The van der Waals surface area contributed by atoms with Crippen molar-refractivity contribution in [3.63, 3.8) is 0 Å². The number of allylic oxidation sites excluding steroid dienone is 4. The van der Waals surface area contributed by atoms with Crippen LogP contribution in [0.3, 0.4) is 0 Å². The Bertz CT molecular complexity index is 1440. The van der Waals surface area contributed by atoms with Gasteiger partial charge in [0.05, 0.1) is 25.4 Å². The maximum absolute atomic E-state index is 12.7. The van der Waals surface area contributed by atoms with Crippen molar-refractivity contribution in [2.45, 2.75) is 213 Å². The van der Waals surface area contributed by atoms with Gasteiger partial charge < -0.3 is 29.3 Å². The first kappa shape index (κ1) is 54.6. The summed E-state index contributed by atoms with van der Waals surface area (Å²) in [5, 5.41) is 0. The Hall–Kier alpha value is -2.53. The molecule has 1 saturated heterocycles. The number of phosphoric acid groups is 1. The van der Waals surface area contributed by atoms with Gasteiger partial charge in [0.25, 0.3) is 0 Å². The molecule has 1 aliphatic rings. The van der Waals surface area contributed by atoms with E-state index in [4.69, 9.17) is 33.4 Å². The van der Waals surface area contributed by atoms with Gasteiger partial charge in [0.15, 0.2) is 6.10 Å². The molecular formula is C49H84NO10P. The van der Waals surface area contributed by atoms with Crippen LogP contribution in [-0.2, 0) is 50.3 Å². The molecule has 2 heterocycles. The first-order valence-electron chi connectivity index (χ1n) is 23.9. The lowest BCUT2D eigenvalue weighted by Crippen LogP contribution is -2.29. The van der Waals surface area contributed by atoms with Crippen LogP contribution >= 0.6 is 7.82 Å². The van der Waals surface area contributed by atoms with Crippen molar-refractivity contribution in [2.24, 2.45) is 5.73 Å². The summed E-state index contributed by atoms with van der Waals surface area (Å²) in [6, 6.07) is 0. The molecular weight excluding hydrogens is 794 g/mol. The summed E-state index contributed by atoms with van der Waals surface area (Å²) in [6.45, 7) is 7.97. The fourth-order valence-corrected chi connectivity index (χ4v) is 7.91. The molecule has 0 aliphatic carbocycles. The van der Waals surface area contributed by atoms with Gasteiger partial charge in [-0.3, -0.25) is 18.6 Å². The number of unbranched alkanes of at least 4 members (excludes halogenated alkanes) is 15. The first-order chi connectivity index (χ1) is 29.6. The van der Waals surface area contributed by atoms with Gasteiger partial charge in [-0.2, -0.15) is 0 Å². The number of aryl methyl sites for hydroxylation is 2. The summed E-state index contributed by atoms with van der Waals surface area (Å²) < 4.78 is 44.9. The van der Waals surface area contributed by atoms with Gasteiger partial charge in [0, 0.05) is 32.2 Å². The number of carbonyl (C=O) groups is 2. The second kappa shape index (κ2) is 34.9. The quantitative estimate of drug-likeness (QED) is 0.0212. The molecule has 0 spiro atoms. The van der Waals surface area contributed by atoms with Crippen LogP contribution in [0.5, 0.6) is 0 Å². The third kappa shape index (κ3) is 28.0. The second-order valence-electron chi connectivity index (χ2n) is 16.6. The zero-order valence-corrected chi connectivity index (χ0v) is 39.4. The standard InChI is InChI=1S/C49H84NO10P/c1-5-7-9-10-11-14-18-21-27-33-46-47(60-46)34-28-23-24-29-35-48(51)55-39-43(40-57-61(53,54)56-38-37-50)58-49(52)36-30-22-19-16-13-12-15-17-20-26-32-45-42(4)41(3)44(59-45)31-25-8-6-2/h11,14,21,23,27-28,43,46-47H,5-10,12-13,15-20,22,24-26,29-40,50H2,1-4H3,(H,53,54)/b14-11-,27-21-,28-23-/t43-,46?,47?/m1/s1. The van der Waals surface area contributed by atoms with Gasteiger partial charge in [0.1, 0.15) is 18.1 Å².